The van der Waals surface area contributed by atoms with Gasteiger partial charge < -0.3 is 11.7 Å². The van der Waals surface area contributed by atoms with Crippen LogP contribution in [0, 0.1) is 0 Å². The van der Waals surface area contributed by atoms with Gasteiger partial charge in [-0.25, -0.2) is 14.8 Å². The van der Waals surface area contributed by atoms with Crippen molar-refractivity contribution < 1.29 is 20.3 Å². The van der Waals surface area contributed by atoms with Gasteiger partial charge in [0.1, 0.15) is 11.5 Å². The molecule has 8 nitrogen and oxygen atoms in total. The fourth-order valence-electron chi connectivity index (χ4n) is 7.47. The number of imidazole rings is 2. The van der Waals surface area contributed by atoms with E-state index in [0.717, 1.165) is 41.8 Å². The zero-order valence-corrected chi connectivity index (χ0v) is 37.0. The molecule has 0 bridgehead atoms. The standard InChI is InChI=1S/C24H26N4O.C24H31N3.Al.Li.H/c1-16(2)18-9-7-10-19(17(3)4)22(18)25-12-14-27-21-11-6-5-8-20(21)23-26-13-15-28(23)24(27)29;1-17(2)20-12-7-13-21(18(3)4)23(20)25-14-8-10-19-9-5-6-11-22(19)24-26-15-16-27-24;;;/h5-13,15-17H,14H2,1-4H3;5-7,9,11-13,15-18,25H,8,10,14H2,1-4H3,(H,26,27);;;/q;;;+1;-1. The Labute approximate surface area is 368 Å². The molecule has 295 valence electrons. The molecule has 4 aromatic carbocycles. The van der Waals surface area contributed by atoms with E-state index in [1.807, 2.05) is 42.9 Å². The average molecular weight is 783 g/mol. The number of aryl methyl sites for hydroxylation is 1. The van der Waals surface area contributed by atoms with Gasteiger partial charge in [-0.2, -0.15) is 0 Å². The number of nitrogens with one attached hydrogen (secondary N) is 2. The van der Waals surface area contributed by atoms with Crippen LogP contribution in [0.15, 0.2) is 120 Å². The Kier molecular flexibility index (Phi) is 17.0. The Morgan fingerprint density at radius 3 is 1.98 bits per heavy atom. The average Bonchev–Trinajstić information content (AvgIpc) is 3.92. The molecule has 3 radical (unpaired) electrons. The molecule has 0 fully saturated rings. The van der Waals surface area contributed by atoms with Gasteiger partial charge in [0.25, 0.3) is 0 Å². The van der Waals surface area contributed by atoms with Crippen LogP contribution in [0.5, 0.6) is 0 Å². The van der Waals surface area contributed by atoms with Crippen LogP contribution in [0.4, 0.5) is 11.4 Å². The van der Waals surface area contributed by atoms with Crippen molar-refractivity contribution in [3.63, 3.8) is 0 Å². The third-order valence-corrected chi connectivity index (χ3v) is 10.4. The Hall–Kier alpha value is -4.63. The van der Waals surface area contributed by atoms with Crippen molar-refractivity contribution in [3.05, 3.63) is 148 Å². The second-order valence-corrected chi connectivity index (χ2v) is 15.7. The second-order valence-electron chi connectivity index (χ2n) is 15.7. The van der Waals surface area contributed by atoms with Crippen LogP contribution in [0.1, 0.15) is 115 Å². The third kappa shape index (κ3) is 10.5. The molecule has 0 spiro atoms. The van der Waals surface area contributed by atoms with Crippen molar-refractivity contribution in [3.8, 4) is 11.4 Å². The maximum atomic E-state index is 13.0. The number of hydrogen-bond donors (Lipinski definition) is 2. The van der Waals surface area contributed by atoms with Gasteiger partial charge in [-0.15, -0.1) is 0 Å². The fourth-order valence-corrected chi connectivity index (χ4v) is 7.47. The predicted molar refractivity (Wildman–Crippen MR) is 242 cm³/mol. The van der Waals surface area contributed by atoms with E-state index >= 15 is 0 Å². The molecule has 0 saturated heterocycles. The van der Waals surface area contributed by atoms with E-state index < -0.39 is 0 Å². The molecule has 3 heterocycles. The number of rotatable bonds is 13. The van der Waals surface area contributed by atoms with Crippen molar-refractivity contribution in [2.24, 2.45) is 4.99 Å². The van der Waals surface area contributed by atoms with Crippen LogP contribution in [-0.2, 0) is 13.0 Å². The number of aromatic nitrogens is 5. The summed E-state index contributed by atoms with van der Waals surface area (Å²) in [4.78, 5) is 29.9. The van der Waals surface area contributed by atoms with Gasteiger partial charge in [0.15, 0.2) is 0 Å². The molecule has 7 rings (SSSR count). The summed E-state index contributed by atoms with van der Waals surface area (Å²) in [5, 5.41) is 4.70. The first kappa shape index (κ1) is 46.1. The number of aliphatic imine (C=N–C) groups is 1. The van der Waals surface area contributed by atoms with E-state index in [-0.39, 0.29) is 43.3 Å². The first-order valence-corrected chi connectivity index (χ1v) is 20.1. The summed E-state index contributed by atoms with van der Waals surface area (Å²) >= 11 is 0. The predicted octanol–water partition coefficient (Wildman–Crippen LogP) is 8.40. The van der Waals surface area contributed by atoms with Gasteiger partial charge in [0, 0.05) is 71.5 Å². The monoisotopic (exact) mass is 782 g/mol. The fraction of sp³-hybridized carbons (Fsp3) is 0.333. The molecule has 0 unspecified atom stereocenters. The first-order chi connectivity index (χ1) is 27.1. The number of fused-ring (bicyclic) bond motifs is 3. The van der Waals surface area contributed by atoms with E-state index in [1.165, 1.54) is 39.1 Å². The maximum absolute atomic E-state index is 13.0. The number of anilines is 1. The first-order valence-electron chi connectivity index (χ1n) is 20.1. The van der Waals surface area contributed by atoms with Crippen LogP contribution in [0.3, 0.4) is 0 Å². The Bertz CT molecular complexity index is 2420. The summed E-state index contributed by atoms with van der Waals surface area (Å²) in [5.74, 6) is 2.75. The molecule has 0 saturated carbocycles. The summed E-state index contributed by atoms with van der Waals surface area (Å²) in [6, 6.07) is 29.5. The van der Waals surface area contributed by atoms with E-state index in [2.05, 4.69) is 136 Å². The zero-order valence-electron chi connectivity index (χ0n) is 36.8. The van der Waals surface area contributed by atoms with E-state index in [0.29, 0.717) is 35.9 Å². The summed E-state index contributed by atoms with van der Waals surface area (Å²) < 4.78 is 3.35. The normalized spacial score (nSPS) is 11.4. The number of hydrogen-bond acceptors (Lipinski definition) is 5. The molecular formula is C48H58AlLiN7O. The van der Waals surface area contributed by atoms with Crippen LogP contribution in [0.25, 0.3) is 27.9 Å². The van der Waals surface area contributed by atoms with Gasteiger partial charge in [-0.05, 0) is 76.5 Å². The van der Waals surface area contributed by atoms with Crippen LogP contribution in [0.2, 0.25) is 0 Å². The minimum atomic E-state index is -0.108. The molecule has 3 aromatic heterocycles. The zero-order chi connectivity index (χ0) is 39.8. The molecule has 7 aromatic rings. The molecule has 2 N–H and O–H groups in total. The molecule has 0 amide bonds. The Morgan fingerprint density at radius 2 is 1.36 bits per heavy atom. The van der Waals surface area contributed by atoms with Crippen molar-refractivity contribution in [1.29, 1.82) is 0 Å². The molecule has 10 heteroatoms. The Balaban J connectivity index is 0.000000301. The van der Waals surface area contributed by atoms with Crippen LogP contribution in [-0.4, -0.2) is 54.0 Å². The topological polar surface area (TPSA) is 92.4 Å². The van der Waals surface area contributed by atoms with Gasteiger partial charge in [0.05, 0.1) is 17.7 Å². The summed E-state index contributed by atoms with van der Waals surface area (Å²) in [5.41, 5.74) is 11.6. The third-order valence-electron chi connectivity index (χ3n) is 10.4. The van der Waals surface area contributed by atoms with Gasteiger partial charge >= 0.3 is 24.6 Å². The number of aromatic amines is 1. The Morgan fingerprint density at radius 1 is 0.759 bits per heavy atom. The number of para-hydroxylation sites is 3. The van der Waals surface area contributed by atoms with E-state index in [4.69, 9.17) is 4.99 Å². The molecule has 0 aliphatic heterocycles. The summed E-state index contributed by atoms with van der Waals surface area (Å²) in [7, 11) is 0. The summed E-state index contributed by atoms with van der Waals surface area (Å²) in [6.07, 6.45) is 11.0. The smallest absolute Gasteiger partial charge is 1.00 e. The minimum Gasteiger partial charge on any atom is -1.00 e. The van der Waals surface area contributed by atoms with Crippen LogP contribution < -0.4 is 29.9 Å². The molecule has 0 atom stereocenters. The molecular weight excluding hydrogens is 724 g/mol. The molecule has 0 aliphatic carbocycles. The minimum absolute atomic E-state index is 0. The van der Waals surface area contributed by atoms with Gasteiger partial charge in [0.2, 0.25) is 0 Å². The van der Waals surface area contributed by atoms with Crippen LogP contribution >= 0.6 is 0 Å². The number of nitrogens with zero attached hydrogens (tertiary/aromatic N) is 5. The second kappa shape index (κ2) is 21.4. The largest absolute Gasteiger partial charge is 1.00 e. The number of benzene rings is 4. The van der Waals surface area contributed by atoms with Gasteiger partial charge in [-0.1, -0.05) is 128 Å². The van der Waals surface area contributed by atoms with Crippen molar-refractivity contribution in [2.45, 2.75) is 98.4 Å². The van der Waals surface area contributed by atoms with Gasteiger partial charge in [-0.3, -0.25) is 14.0 Å². The maximum Gasteiger partial charge on any atom is 1.00 e. The van der Waals surface area contributed by atoms with Crippen molar-refractivity contribution in [1.82, 2.24) is 23.9 Å². The molecule has 0 aliphatic rings. The van der Waals surface area contributed by atoms with E-state index in [9.17, 15) is 4.79 Å². The molecule has 58 heavy (non-hydrogen) atoms. The van der Waals surface area contributed by atoms with E-state index in [1.54, 1.807) is 21.4 Å². The quantitative estimate of drug-likeness (QED) is 0.0699. The van der Waals surface area contributed by atoms with Crippen molar-refractivity contribution in [2.75, 3.05) is 11.9 Å². The summed E-state index contributed by atoms with van der Waals surface area (Å²) in [6.45, 7) is 19.2. The SMILES string of the molecule is CC(C)c1cccc(C(C)C)c1N=CCn1c(=O)n2ccnc2c2ccccc21.CC(C)c1cccc(C(C)C)c1NCCCc1ccccc1-c1ncc[nH]1.[Al].[H-].[Li+]. The van der Waals surface area contributed by atoms with Crippen molar-refractivity contribution >= 4 is 51.5 Å². The number of H-pyrrole nitrogens is 1.